The number of rotatable bonds is 3. The lowest BCUT2D eigenvalue weighted by Crippen LogP contribution is -2.13. The van der Waals surface area contributed by atoms with Crippen molar-refractivity contribution < 1.29 is 18.0 Å². The Hall–Kier alpha value is -0.970. The quantitative estimate of drug-likeness (QED) is 0.593. The fraction of sp³-hybridized carbons (Fsp3) is 0.364. The first-order valence-electron chi connectivity index (χ1n) is 4.69. The fourth-order valence-electron chi connectivity index (χ4n) is 1.40. The molecule has 0 aliphatic rings. The highest BCUT2D eigenvalue weighted by molar-refractivity contribution is 7.98. The van der Waals surface area contributed by atoms with E-state index >= 15 is 0 Å². The van der Waals surface area contributed by atoms with Crippen LogP contribution in [-0.4, -0.2) is 12.0 Å². The maximum Gasteiger partial charge on any atom is 0.417 e. The van der Waals surface area contributed by atoms with Crippen LogP contribution in [0.15, 0.2) is 23.1 Å². The predicted octanol–water partition coefficient (Wildman–Crippen LogP) is 4.02. The van der Waals surface area contributed by atoms with Gasteiger partial charge in [-0.1, -0.05) is 13.0 Å². The smallest absolute Gasteiger partial charge is 0.294 e. The summed E-state index contributed by atoms with van der Waals surface area (Å²) in [7, 11) is 0. The number of benzene rings is 1. The first kappa shape index (κ1) is 13.1. The number of carbonyl (C=O) groups is 1. The van der Waals surface area contributed by atoms with Gasteiger partial charge in [-0.3, -0.25) is 4.79 Å². The molecule has 88 valence electrons. The Kier molecular flexibility index (Phi) is 4.02. The maximum atomic E-state index is 12.7. The highest BCUT2D eigenvalue weighted by Crippen LogP contribution is 2.36. The molecular formula is C11H11F3OS. The van der Waals surface area contributed by atoms with Crippen molar-refractivity contribution in [3.63, 3.8) is 0 Å². The second-order valence-electron chi connectivity index (χ2n) is 3.16. The Morgan fingerprint density at radius 3 is 2.44 bits per heavy atom. The third-order valence-corrected chi connectivity index (χ3v) is 2.93. The Morgan fingerprint density at radius 1 is 1.38 bits per heavy atom. The summed E-state index contributed by atoms with van der Waals surface area (Å²) in [6.45, 7) is 1.56. The second-order valence-corrected chi connectivity index (χ2v) is 4.01. The number of Topliss-reactive ketones (excluding diaryl/α,β-unsaturated/α-hetero) is 1. The van der Waals surface area contributed by atoms with E-state index < -0.39 is 17.5 Å². The summed E-state index contributed by atoms with van der Waals surface area (Å²) in [5.41, 5.74) is -1.05. The van der Waals surface area contributed by atoms with Gasteiger partial charge in [0, 0.05) is 16.9 Å². The molecule has 1 nitrogen and oxygen atoms in total. The molecular weight excluding hydrogens is 237 g/mol. The predicted molar refractivity (Wildman–Crippen MR) is 57.8 cm³/mol. The number of carbonyl (C=O) groups excluding carboxylic acids is 1. The first-order chi connectivity index (χ1) is 7.41. The fourth-order valence-corrected chi connectivity index (χ4v) is 2.04. The van der Waals surface area contributed by atoms with Crippen LogP contribution in [-0.2, 0) is 6.18 Å². The number of halogens is 3. The van der Waals surface area contributed by atoms with E-state index in [1.165, 1.54) is 12.1 Å². The van der Waals surface area contributed by atoms with E-state index in [1.54, 1.807) is 13.2 Å². The lowest BCUT2D eigenvalue weighted by atomic mass is 10.0. The van der Waals surface area contributed by atoms with Crippen LogP contribution in [0.25, 0.3) is 0 Å². The molecule has 0 aromatic heterocycles. The standard InChI is InChI=1S/C11H11F3OS/c1-3-8(15)10-7(11(12,13)14)5-4-6-9(10)16-2/h4-6H,3H2,1-2H3. The highest BCUT2D eigenvalue weighted by Gasteiger charge is 2.35. The minimum absolute atomic E-state index is 0.0701. The summed E-state index contributed by atoms with van der Waals surface area (Å²) in [5.74, 6) is -0.475. The van der Waals surface area contributed by atoms with E-state index in [2.05, 4.69) is 0 Å². The van der Waals surface area contributed by atoms with Crippen molar-refractivity contribution in [2.45, 2.75) is 24.4 Å². The number of alkyl halides is 3. The summed E-state index contributed by atoms with van der Waals surface area (Å²) in [5, 5.41) is 0. The number of ketones is 1. The largest absolute Gasteiger partial charge is 0.417 e. The van der Waals surface area contributed by atoms with E-state index in [-0.39, 0.29) is 12.0 Å². The lowest BCUT2D eigenvalue weighted by molar-refractivity contribution is -0.138. The Morgan fingerprint density at radius 2 is 2.00 bits per heavy atom. The van der Waals surface area contributed by atoms with E-state index in [1.807, 2.05) is 0 Å². The van der Waals surface area contributed by atoms with Crippen LogP contribution in [0.2, 0.25) is 0 Å². The molecule has 0 saturated heterocycles. The molecule has 16 heavy (non-hydrogen) atoms. The van der Waals surface area contributed by atoms with Crippen LogP contribution < -0.4 is 0 Å². The molecule has 0 radical (unpaired) electrons. The van der Waals surface area contributed by atoms with Crippen molar-refractivity contribution >= 4 is 17.5 Å². The molecule has 0 heterocycles. The lowest BCUT2D eigenvalue weighted by Gasteiger charge is -2.14. The maximum absolute atomic E-state index is 12.7. The van der Waals surface area contributed by atoms with Crippen LogP contribution >= 0.6 is 11.8 Å². The molecule has 0 unspecified atom stereocenters. The minimum atomic E-state index is -4.48. The molecule has 0 bridgehead atoms. The van der Waals surface area contributed by atoms with Crippen LogP contribution in [0, 0.1) is 0 Å². The molecule has 0 amide bonds. The van der Waals surface area contributed by atoms with Crippen molar-refractivity contribution in [3.05, 3.63) is 29.3 Å². The number of hydrogen-bond acceptors (Lipinski definition) is 2. The second kappa shape index (κ2) is 4.91. The normalized spacial score (nSPS) is 11.6. The Labute approximate surface area is 96.0 Å². The van der Waals surface area contributed by atoms with E-state index in [9.17, 15) is 18.0 Å². The molecule has 0 aliphatic carbocycles. The van der Waals surface area contributed by atoms with E-state index in [4.69, 9.17) is 0 Å². The van der Waals surface area contributed by atoms with Gasteiger partial charge in [-0.15, -0.1) is 11.8 Å². The van der Waals surface area contributed by atoms with Crippen molar-refractivity contribution in [1.82, 2.24) is 0 Å². The van der Waals surface area contributed by atoms with Crippen LogP contribution in [0.1, 0.15) is 29.3 Å². The topological polar surface area (TPSA) is 17.1 Å². The molecule has 0 atom stereocenters. The third kappa shape index (κ3) is 2.58. The average molecular weight is 248 g/mol. The summed E-state index contributed by atoms with van der Waals surface area (Å²) in [4.78, 5) is 11.9. The van der Waals surface area contributed by atoms with Crippen molar-refractivity contribution in [2.24, 2.45) is 0 Å². The molecule has 0 fully saturated rings. The van der Waals surface area contributed by atoms with Gasteiger partial charge in [0.2, 0.25) is 0 Å². The Balaban J connectivity index is 3.44. The van der Waals surface area contributed by atoms with E-state index in [0.717, 1.165) is 17.8 Å². The zero-order valence-corrected chi connectivity index (χ0v) is 9.71. The van der Waals surface area contributed by atoms with Gasteiger partial charge < -0.3 is 0 Å². The average Bonchev–Trinajstić information content (AvgIpc) is 2.25. The molecule has 0 aliphatic heterocycles. The van der Waals surface area contributed by atoms with Crippen molar-refractivity contribution in [2.75, 3.05) is 6.26 Å². The van der Waals surface area contributed by atoms with Crippen molar-refractivity contribution in [1.29, 1.82) is 0 Å². The Bertz CT molecular complexity index is 399. The summed E-state index contributed by atoms with van der Waals surface area (Å²) >= 11 is 1.15. The highest BCUT2D eigenvalue weighted by atomic mass is 32.2. The summed E-state index contributed by atoms with van der Waals surface area (Å²) < 4.78 is 38.1. The summed E-state index contributed by atoms with van der Waals surface area (Å²) in [6.07, 6.45) is -2.76. The zero-order chi connectivity index (χ0) is 12.3. The van der Waals surface area contributed by atoms with Gasteiger partial charge in [-0.25, -0.2) is 0 Å². The molecule has 1 rings (SSSR count). The molecule has 5 heteroatoms. The SMILES string of the molecule is CCC(=O)c1c(SC)cccc1C(F)(F)F. The van der Waals surface area contributed by atoms with Gasteiger partial charge in [0.25, 0.3) is 0 Å². The molecule has 0 saturated carbocycles. The van der Waals surface area contributed by atoms with Crippen LogP contribution in [0.4, 0.5) is 13.2 Å². The molecule has 0 spiro atoms. The van der Waals surface area contributed by atoms with Gasteiger partial charge in [0.1, 0.15) is 0 Å². The summed E-state index contributed by atoms with van der Waals surface area (Å²) in [6, 6.07) is 3.80. The number of hydrogen-bond donors (Lipinski definition) is 0. The first-order valence-corrected chi connectivity index (χ1v) is 5.91. The number of thioether (sulfide) groups is 1. The molecule has 0 N–H and O–H groups in total. The van der Waals surface area contributed by atoms with E-state index in [0.29, 0.717) is 4.90 Å². The third-order valence-electron chi connectivity index (χ3n) is 2.15. The van der Waals surface area contributed by atoms with Gasteiger partial charge >= 0.3 is 6.18 Å². The zero-order valence-electron chi connectivity index (χ0n) is 8.89. The molecule has 1 aromatic carbocycles. The van der Waals surface area contributed by atoms with Crippen LogP contribution in [0.5, 0.6) is 0 Å². The van der Waals surface area contributed by atoms with Gasteiger partial charge in [0.15, 0.2) is 5.78 Å². The molecule has 1 aromatic rings. The monoisotopic (exact) mass is 248 g/mol. The van der Waals surface area contributed by atoms with Crippen LogP contribution in [0.3, 0.4) is 0 Å². The van der Waals surface area contributed by atoms with Gasteiger partial charge in [0.05, 0.1) is 5.56 Å². The van der Waals surface area contributed by atoms with Gasteiger partial charge in [-0.2, -0.15) is 13.2 Å². The minimum Gasteiger partial charge on any atom is -0.294 e. The van der Waals surface area contributed by atoms with Crippen molar-refractivity contribution in [3.8, 4) is 0 Å². The van der Waals surface area contributed by atoms with Gasteiger partial charge in [-0.05, 0) is 18.4 Å².